The second kappa shape index (κ2) is 6.01. The maximum Gasteiger partial charge on any atom is 0.242 e. The molecule has 1 aromatic heterocycles. The van der Waals surface area contributed by atoms with Crippen molar-refractivity contribution in [2.24, 2.45) is 0 Å². The summed E-state index contributed by atoms with van der Waals surface area (Å²) < 4.78 is 0. The van der Waals surface area contributed by atoms with Crippen LogP contribution in [-0.2, 0) is 4.79 Å². The minimum atomic E-state index is -0.222. The number of hydrogen-bond donors (Lipinski definition) is 1. The van der Waals surface area contributed by atoms with Crippen molar-refractivity contribution in [1.29, 1.82) is 0 Å². The monoisotopic (exact) mass is 310 g/mol. The van der Waals surface area contributed by atoms with Crippen molar-refractivity contribution in [2.75, 3.05) is 36.5 Å². The molecule has 3 heterocycles. The van der Waals surface area contributed by atoms with Gasteiger partial charge in [0.15, 0.2) is 0 Å². The van der Waals surface area contributed by atoms with E-state index in [-0.39, 0.29) is 17.2 Å². The van der Waals surface area contributed by atoms with E-state index < -0.39 is 0 Å². The first-order valence-electron chi connectivity index (χ1n) is 7.34. The summed E-state index contributed by atoms with van der Waals surface area (Å²) in [5.74, 6) is 1.11. The molecule has 0 bridgehead atoms. The third kappa shape index (κ3) is 2.88. The van der Waals surface area contributed by atoms with Crippen LogP contribution in [-0.4, -0.2) is 53.6 Å². The van der Waals surface area contributed by atoms with Crippen molar-refractivity contribution in [2.45, 2.75) is 31.7 Å². The Bertz CT molecular complexity index is 533. The lowest BCUT2D eigenvalue weighted by Gasteiger charge is -2.24. The number of aromatic nitrogens is 3. The molecule has 7 nitrogen and oxygen atoms in total. The first-order valence-corrected chi connectivity index (χ1v) is 7.71. The molecular weight excluding hydrogens is 292 g/mol. The van der Waals surface area contributed by atoms with E-state index in [1.165, 1.54) is 0 Å². The van der Waals surface area contributed by atoms with Crippen LogP contribution in [0.4, 0.5) is 11.9 Å². The van der Waals surface area contributed by atoms with Gasteiger partial charge >= 0.3 is 0 Å². The summed E-state index contributed by atoms with van der Waals surface area (Å²) in [5, 5.41) is 2.88. The SMILES string of the molecule is CNC(=O)C1CCCN1c1nc(Cl)nc(N2CCCC2)n1. The van der Waals surface area contributed by atoms with Gasteiger partial charge in [-0.1, -0.05) is 0 Å². The lowest BCUT2D eigenvalue weighted by molar-refractivity contribution is -0.121. The lowest BCUT2D eigenvalue weighted by atomic mass is 10.2. The third-order valence-electron chi connectivity index (χ3n) is 4.03. The number of anilines is 2. The zero-order valence-corrected chi connectivity index (χ0v) is 12.8. The largest absolute Gasteiger partial charge is 0.357 e. The van der Waals surface area contributed by atoms with Crippen LogP contribution in [0.2, 0.25) is 5.28 Å². The topological polar surface area (TPSA) is 74.2 Å². The summed E-state index contributed by atoms with van der Waals surface area (Å²) in [6.07, 6.45) is 4.04. The van der Waals surface area contributed by atoms with Crippen LogP contribution in [0.25, 0.3) is 0 Å². The van der Waals surface area contributed by atoms with Gasteiger partial charge in [0, 0.05) is 26.7 Å². The average molecular weight is 311 g/mol. The summed E-state index contributed by atoms with van der Waals surface area (Å²) in [5.41, 5.74) is 0. The van der Waals surface area contributed by atoms with Crippen LogP contribution < -0.4 is 15.1 Å². The quantitative estimate of drug-likeness (QED) is 0.892. The van der Waals surface area contributed by atoms with Crippen LogP contribution in [0, 0.1) is 0 Å². The number of amides is 1. The van der Waals surface area contributed by atoms with Gasteiger partial charge in [0.2, 0.25) is 23.1 Å². The van der Waals surface area contributed by atoms with E-state index in [0.29, 0.717) is 11.9 Å². The number of carbonyl (C=O) groups excluding carboxylic acids is 1. The van der Waals surface area contributed by atoms with Crippen LogP contribution in [0.3, 0.4) is 0 Å². The van der Waals surface area contributed by atoms with Gasteiger partial charge in [-0.15, -0.1) is 0 Å². The van der Waals surface area contributed by atoms with Gasteiger partial charge in [-0.25, -0.2) is 0 Å². The maximum absolute atomic E-state index is 12.0. The lowest BCUT2D eigenvalue weighted by Crippen LogP contribution is -2.43. The van der Waals surface area contributed by atoms with Crippen molar-refractivity contribution < 1.29 is 4.79 Å². The van der Waals surface area contributed by atoms with E-state index in [1.807, 2.05) is 4.90 Å². The van der Waals surface area contributed by atoms with E-state index in [2.05, 4.69) is 25.2 Å². The molecule has 1 N–H and O–H groups in total. The minimum Gasteiger partial charge on any atom is -0.357 e. The molecule has 0 spiro atoms. The molecule has 8 heteroatoms. The van der Waals surface area contributed by atoms with Crippen molar-refractivity contribution >= 4 is 29.4 Å². The van der Waals surface area contributed by atoms with Gasteiger partial charge in [-0.05, 0) is 37.3 Å². The molecule has 1 amide bonds. The van der Waals surface area contributed by atoms with Gasteiger partial charge in [0.1, 0.15) is 6.04 Å². The minimum absolute atomic E-state index is 0.00763. The standard InChI is InChI=1S/C13H19ClN6O/c1-15-10(21)9-5-4-8-20(9)13-17-11(14)16-12(18-13)19-6-2-3-7-19/h9H,2-8H2,1H3,(H,15,21). The Labute approximate surface area is 128 Å². The number of nitrogens with zero attached hydrogens (tertiary/aromatic N) is 5. The molecule has 2 aliphatic heterocycles. The third-order valence-corrected chi connectivity index (χ3v) is 4.20. The summed E-state index contributed by atoms with van der Waals surface area (Å²) in [6, 6.07) is -0.222. The molecule has 0 saturated carbocycles. The van der Waals surface area contributed by atoms with Crippen LogP contribution in [0.1, 0.15) is 25.7 Å². The number of likely N-dealkylation sites (N-methyl/N-ethyl adjacent to an activating group) is 1. The normalized spacial score (nSPS) is 21.9. The van der Waals surface area contributed by atoms with E-state index in [1.54, 1.807) is 7.05 Å². The van der Waals surface area contributed by atoms with Gasteiger partial charge in [0.25, 0.3) is 0 Å². The van der Waals surface area contributed by atoms with Gasteiger partial charge in [-0.3, -0.25) is 4.79 Å². The molecule has 1 unspecified atom stereocenters. The Morgan fingerprint density at radius 2 is 1.86 bits per heavy atom. The second-order valence-corrected chi connectivity index (χ2v) is 5.70. The first kappa shape index (κ1) is 14.3. The molecule has 114 valence electrons. The zero-order valence-electron chi connectivity index (χ0n) is 12.0. The highest BCUT2D eigenvalue weighted by molar-refractivity contribution is 6.28. The van der Waals surface area contributed by atoms with Gasteiger partial charge in [-0.2, -0.15) is 15.0 Å². The predicted molar refractivity (Wildman–Crippen MR) is 80.7 cm³/mol. The predicted octanol–water partition coefficient (Wildman–Crippen LogP) is 0.840. The first-order chi connectivity index (χ1) is 10.2. The molecule has 3 rings (SSSR count). The van der Waals surface area contributed by atoms with Crippen molar-refractivity contribution in [1.82, 2.24) is 20.3 Å². The molecule has 2 aliphatic rings. The number of nitrogens with one attached hydrogen (secondary N) is 1. The average Bonchev–Trinajstić information content (AvgIpc) is 3.16. The molecule has 0 aromatic carbocycles. The Hall–Kier alpha value is -1.63. The Morgan fingerprint density at radius 1 is 1.14 bits per heavy atom. The fraction of sp³-hybridized carbons (Fsp3) is 0.692. The Balaban J connectivity index is 1.88. The molecule has 21 heavy (non-hydrogen) atoms. The highest BCUT2D eigenvalue weighted by atomic mass is 35.5. The van der Waals surface area contributed by atoms with Crippen molar-refractivity contribution in [3.05, 3.63) is 5.28 Å². The number of halogens is 1. The van der Waals surface area contributed by atoms with Crippen LogP contribution >= 0.6 is 11.6 Å². The molecule has 1 atom stereocenters. The summed E-state index contributed by atoms with van der Waals surface area (Å²) in [6.45, 7) is 2.65. The second-order valence-electron chi connectivity index (χ2n) is 5.36. The number of rotatable bonds is 3. The molecule has 1 aromatic rings. The van der Waals surface area contributed by atoms with Gasteiger partial charge < -0.3 is 15.1 Å². The van der Waals surface area contributed by atoms with Crippen molar-refractivity contribution in [3.8, 4) is 0 Å². The van der Waals surface area contributed by atoms with E-state index in [9.17, 15) is 4.79 Å². The fourth-order valence-electron chi connectivity index (χ4n) is 2.96. The van der Waals surface area contributed by atoms with Crippen molar-refractivity contribution in [3.63, 3.8) is 0 Å². The maximum atomic E-state index is 12.0. The Kier molecular flexibility index (Phi) is 4.10. The van der Waals surface area contributed by atoms with Crippen LogP contribution in [0.15, 0.2) is 0 Å². The summed E-state index contributed by atoms with van der Waals surface area (Å²) >= 11 is 6.05. The summed E-state index contributed by atoms with van der Waals surface area (Å²) in [7, 11) is 1.65. The summed E-state index contributed by atoms with van der Waals surface area (Å²) in [4.78, 5) is 29.0. The van der Waals surface area contributed by atoms with E-state index >= 15 is 0 Å². The van der Waals surface area contributed by atoms with E-state index in [4.69, 9.17) is 11.6 Å². The van der Waals surface area contributed by atoms with Gasteiger partial charge in [0.05, 0.1) is 0 Å². The highest BCUT2D eigenvalue weighted by Crippen LogP contribution is 2.26. The molecule has 0 aliphatic carbocycles. The molecule has 2 saturated heterocycles. The highest BCUT2D eigenvalue weighted by Gasteiger charge is 2.32. The number of carbonyl (C=O) groups is 1. The zero-order chi connectivity index (χ0) is 14.8. The van der Waals surface area contributed by atoms with E-state index in [0.717, 1.165) is 45.3 Å². The Morgan fingerprint density at radius 3 is 2.57 bits per heavy atom. The van der Waals surface area contributed by atoms with Crippen LogP contribution in [0.5, 0.6) is 0 Å². The molecule has 2 fully saturated rings. The molecule has 0 radical (unpaired) electrons. The fourth-order valence-corrected chi connectivity index (χ4v) is 3.11. The smallest absolute Gasteiger partial charge is 0.242 e. The number of hydrogen-bond acceptors (Lipinski definition) is 6. The molecular formula is C13H19ClN6O.